The number of nitrogens with zero attached hydrogens (tertiary/aromatic N) is 2. The highest BCUT2D eigenvalue weighted by Crippen LogP contribution is 2.29. The zero-order valence-corrected chi connectivity index (χ0v) is 18.5. The Morgan fingerprint density at radius 1 is 1.06 bits per heavy atom. The smallest absolute Gasteiger partial charge is 0.335 e. The summed E-state index contributed by atoms with van der Waals surface area (Å²) in [5.41, 5.74) is 0.472. The summed E-state index contributed by atoms with van der Waals surface area (Å²) in [5, 5.41) is 13.1. The number of hydrogen-bond acceptors (Lipinski definition) is 6. The van der Waals surface area contributed by atoms with Gasteiger partial charge in [0.05, 0.1) is 15.6 Å². The third-order valence-corrected chi connectivity index (χ3v) is 5.27. The predicted molar refractivity (Wildman–Crippen MR) is 124 cm³/mol. The Bertz CT molecular complexity index is 1390. The first-order chi connectivity index (χ1) is 16.7. The molecule has 0 spiro atoms. The van der Waals surface area contributed by atoms with Crippen molar-refractivity contribution in [1.82, 2.24) is 5.32 Å². The molecule has 1 aliphatic heterocycles. The maximum Gasteiger partial charge on any atom is 0.335 e. The molecular weight excluding hydrogens is 481 g/mol. The first-order valence-electron chi connectivity index (χ1n) is 10.1. The maximum atomic E-state index is 13.3. The van der Waals surface area contributed by atoms with E-state index in [2.05, 4.69) is 5.32 Å². The number of urea groups is 1. The number of anilines is 1. The SMILES string of the molecule is O=C1NC(=O)N(c2ccc([N+](=O)[O-])cc2)C(=O)/C1=C/c1ccc(OCc2cccc(F)c2)c(Cl)c1. The lowest BCUT2D eigenvalue weighted by Gasteiger charge is -2.26. The number of amides is 4. The highest BCUT2D eigenvalue weighted by Gasteiger charge is 2.37. The Balaban J connectivity index is 1.56. The van der Waals surface area contributed by atoms with Crippen LogP contribution in [-0.2, 0) is 16.2 Å². The van der Waals surface area contributed by atoms with Crippen molar-refractivity contribution in [3.63, 3.8) is 0 Å². The minimum atomic E-state index is -0.981. The number of non-ortho nitro benzene ring substituents is 1. The number of carbonyl (C=O) groups is 3. The van der Waals surface area contributed by atoms with Crippen molar-refractivity contribution < 1.29 is 28.4 Å². The molecule has 1 saturated heterocycles. The van der Waals surface area contributed by atoms with Crippen molar-refractivity contribution in [2.45, 2.75) is 6.61 Å². The van der Waals surface area contributed by atoms with Gasteiger partial charge in [-0.05, 0) is 53.6 Å². The largest absolute Gasteiger partial charge is 0.487 e. The van der Waals surface area contributed by atoms with E-state index in [1.165, 1.54) is 42.5 Å². The molecule has 0 radical (unpaired) electrons. The number of rotatable bonds is 6. The number of imide groups is 2. The number of nitrogens with one attached hydrogen (secondary N) is 1. The van der Waals surface area contributed by atoms with Gasteiger partial charge in [-0.3, -0.25) is 25.0 Å². The standard InChI is InChI=1S/C24H15ClFN3O6/c25-20-12-14(4-9-21(20)35-13-15-2-1-3-16(26)10-15)11-19-22(30)27-24(32)28(23(19)31)17-5-7-18(8-6-17)29(33)34/h1-12H,13H2,(H,27,30,32)/b19-11+. The van der Waals surface area contributed by atoms with Gasteiger partial charge in [-0.1, -0.05) is 29.8 Å². The van der Waals surface area contributed by atoms with E-state index in [1.54, 1.807) is 18.2 Å². The van der Waals surface area contributed by atoms with Gasteiger partial charge in [-0.2, -0.15) is 0 Å². The number of ether oxygens (including phenoxy) is 1. The number of nitro benzene ring substituents is 1. The number of nitro groups is 1. The number of hydrogen-bond donors (Lipinski definition) is 1. The summed E-state index contributed by atoms with van der Waals surface area (Å²) in [5.74, 6) is -1.90. The van der Waals surface area contributed by atoms with Crippen LogP contribution < -0.4 is 15.0 Å². The highest BCUT2D eigenvalue weighted by molar-refractivity contribution is 6.39. The predicted octanol–water partition coefficient (Wildman–Crippen LogP) is 4.63. The molecular formula is C24H15ClFN3O6. The average molecular weight is 496 g/mol. The van der Waals surface area contributed by atoms with E-state index in [9.17, 15) is 28.9 Å². The van der Waals surface area contributed by atoms with Gasteiger partial charge < -0.3 is 4.74 Å². The summed E-state index contributed by atoms with van der Waals surface area (Å²) in [4.78, 5) is 48.5. The molecule has 3 aromatic carbocycles. The van der Waals surface area contributed by atoms with Crippen LogP contribution in [0.1, 0.15) is 11.1 Å². The van der Waals surface area contributed by atoms with E-state index in [4.69, 9.17) is 16.3 Å². The lowest BCUT2D eigenvalue weighted by Crippen LogP contribution is -2.54. The molecule has 0 aliphatic carbocycles. The van der Waals surface area contributed by atoms with Gasteiger partial charge in [-0.15, -0.1) is 0 Å². The average Bonchev–Trinajstić information content (AvgIpc) is 2.81. The van der Waals surface area contributed by atoms with Crippen LogP contribution in [0.15, 0.2) is 72.3 Å². The summed E-state index contributed by atoms with van der Waals surface area (Å²) in [6.07, 6.45) is 1.25. The van der Waals surface area contributed by atoms with E-state index in [-0.39, 0.29) is 28.6 Å². The first kappa shape index (κ1) is 23.6. The number of barbiturate groups is 1. The van der Waals surface area contributed by atoms with Gasteiger partial charge in [0, 0.05) is 12.1 Å². The third-order valence-electron chi connectivity index (χ3n) is 4.97. The zero-order chi connectivity index (χ0) is 25.1. The summed E-state index contributed by atoms with van der Waals surface area (Å²) in [7, 11) is 0. The van der Waals surface area contributed by atoms with Crippen LogP contribution in [0.25, 0.3) is 6.08 Å². The van der Waals surface area contributed by atoms with Crippen molar-refractivity contribution in [3.8, 4) is 5.75 Å². The minimum Gasteiger partial charge on any atom is -0.487 e. The van der Waals surface area contributed by atoms with Crippen LogP contribution in [0, 0.1) is 15.9 Å². The van der Waals surface area contributed by atoms with Crippen molar-refractivity contribution >= 4 is 46.9 Å². The Labute approximate surface area is 202 Å². The number of carbonyl (C=O) groups excluding carboxylic acids is 3. The monoisotopic (exact) mass is 495 g/mol. The number of benzene rings is 3. The molecule has 3 aromatic rings. The van der Waals surface area contributed by atoms with E-state index >= 15 is 0 Å². The van der Waals surface area contributed by atoms with Crippen molar-refractivity contribution in [2.24, 2.45) is 0 Å². The molecule has 0 atom stereocenters. The molecule has 0 unspecified atom stereocenters. The first-order valence-corrected chi connectivity index (χ1v) is 10.4. The molecule has 9 nitrogen and oxygen atoms in total. The molecule has 4 amide bonds. The normalized spacial score (nSPS) is 14.7. The van der Waals surface area contributed by atoms with Crippen molar-refractivity contribution in [2.75, 3.05) is 4.90 Å². The Hall–Kier alpha value is -4.57. The molecule has 1 aliphatic rings. The fourth-order valence-electron chi connectivity index (χ4n) is 3.29. The second-order valence-corrected chi connectivity index (χ2v) is 7.75. The lowest BCUT2D eigenvalue weighted by atomic mass is 10.1. The minimum absolute atomic E-state index is 0.0515. The van der Waals surface area contributed by atoms with Gasteiger partial charge in [0.2, 0.25) is 0 Å². The van der Waals surface area contributed by atoms with E-state index in [0.29, 0.717) is 21.8 Å². The molecule has 0 aromatic heterocycles. The summed E-state index contributed by atoms with van der Waals surface area (Å²) >= 11 is 6.27. The van der Waals surface area contributed by atoms with Crippen LogP contribution in [0.3, 0.4) is 0 Å². The quantitative estimate of drug-likeness (QED) is 0.230. The molecule has 1 heterocycles. The zero-order valence-electron chi connectivity index (χ0n) is 17.7. The van der Waals surface area contributed by atoms with E-state index in [0.717, 1.165) is 12.1 Å². The van der Waals surface area contributed by atoms with Gasteiger partial charge in [-0.25, -0.2) is 14.1 Å². The van der Waals surface area contributed by atoms with Crippen LogP contribution >= 0.6 is 11.6 Å². The van der Waals surface area contributed by atoms with Gasteiger partial charge in [0.25, 0.3) is 17.5 Å². The summed E-state index contributed by atoms with van der Waals surface area (Å²) < 4.78 is 18.9. The van der Waals surface area contributed by atoms with Gasteiger partial charge in [0.1, 0.15) is 23.7 Å². The van der Waals surface area contributed by atoms with Gasteiger partial charge >= 0.3 is 6.03 Å². The van der Waals surface area contributed by atoms with Gasteiger partial charge in [0.15, 0.2) is 0 Å². The fourth-order valence-corrected chi connectivity index (χ4v) is 3.54. The van der Waals surface area contributed by atoms with Crippen LogP contribution in [-0.4, -0.2) is 22.8 Å². The molecule has 0 saturated carbocycles. The molecule has 1 N–H and O–H groups in total. The lowest BCUT2D eigenvalue weighted by molar-refractivity contribution is -0.384. The van der Waals surface area contributed by atoms with E-state index in [1.807, 2.05) is 0 Å². The van der Waals surface area contributed by atoms with Crippen LogP contribution in [0.2, 0.25) is 5.02 Å². The Kier molecular flexibility index (Phi) is 6.56. The molecule has 4 rings (SSSR count). The van der Waals surface area contributed by atoms with Crippen molar-refractivity contribution in [3.05, 3.63) is 104 Å². The maximum absolute atomic E-state index is 13.3. The van der Waals surface area contributed by atoms with Crippen molar-refractivity contribution in [1.29, 1.82) is 0 Å². The molecule has 35 heavy (non-hydrogen) atoms. The molecule has 0 bridgehead atoms. The summed E-state index contributed by atoms with van der Waals surface area (Å²) in [6.45, 7) is 0.0745. The Morgan fingerprint density at radius 3 is 2.46 bits per heavy atom. The molecule has 1 fully saturated rings. The third kappa shape index (κ3) is 5.17. The fraction of sp³-hybridized carbons (Fsp3) is 0.0417. The number of halogens is 2. The van der Waals surface area contributed by atoms with Crippen LogP contribution in [0.4, 0.5) is 20.6 Å². The molecule has 176 valence electrons. The second kappa shape index (κ2) is 9.74. The second-order valence-electron chi connectivity index (χ2n) is 7.34. The topological polar surface area (TPSA) is 119 Å². The van der Waals surface area contributed by atoms with Crippen LogP contribution in [0.5, 0.6) is 5.75 Å². The summed E-state index contributed by atoms with van der Waals surface area (Å²) in [6, 6.07) is 14.2. The molecule has 11 heteroatoms. The highest BCUT2D eigenvalue weighted by atomic mass is 35.5. The Morgan fingerprint density at radius 2 is 1.80 bits per heavy atom. The van der Waals surface area contributed by atoms with E-state index < -0.39 is 28.6 Å².